The van der Waals surface area contributed by atoms with Crippen LogP contribution in [0.15, 0.2) is 48.5 Å². The molecule has 1 atom stereocenters. The second-order valence-corrected chi connectivity index (χ2v) is 5.99. The van der Waals surface area contributed by atoms with Gasteiger partial charge in [0.25, 0.3) is 5.91 Å². The zero-order valence-electron chi connectivity index (χ0n) is 14.8. The molecule has 1 amide bonds. The predicted octanol–water partition coefficient (Wildman–Crippen LogP) is 2.30. The molecule has 4 nitrogen and oxygen atoms in total. The number of hydrogen-bond acceptors (Lipinski definition) is 2. The van der Waals surface area contributed by atoms with Gasteiger partial charge >= 0.3 is 0 Å². The highest BCUT2D eigenvalue weighted by Crippen LogP contribution is 2.11. The first-order valence-corrected chi connectivity index (χ1v) is 8.52. The van der Waals surface area contributed by atoms with E-state index in [0.717, 1.165) is 29.3 Å². The van der Waals surface area contributed by atoms with Gasteiger partial charge in [0.15, 0.2) is 6.54 Å². The molecule has 0 fully saturated rings. The SMILES string of the molecule is CCOc1ccc(C[NH+](C)CC(=O)Nc2ccc(CC)cc2)cc1. The van der Waals surface area contributed by atoms with E-state index < -0.39 is 0 Å². The van der Waals surface area contributed by atoms with Crippen LogP contribution >= 0.6 is 0 Å². The van der Waals surface area contributed by atoms with E-state index in [2.05, 4.69) is 24.4 Å². The van der Waals surface area contributed by atoms with Crippen LogP contribution in [-0.4, -0.2) is 26.1 Å². The molecule has 0 saturated carbocycles. The highest BCUT2D eigenvalue weighted by atomic mass is 16.5. The summed E-state index contributed by atoms with van der Waals surface area (Å²) in [6.45, 7) is 5.99. The van der Waals surface area contributed by atoms with Crippen molar-refractivity contribution in [2.45, 2.75) is 26.8 Å². The van der Waals surface area contributed by atoms with Crippen LogP contribution in [0.3, 0.4) is 0 Å². The maximum atomic E-state index is 12.2. The third kappa shape index (κ3) is 5.70. The van der Waals surface area contributed by atoms with E-state index in [1.807, 2.05) is 50.4 Å². The summed E-state index contributed by atoms with van der Waals surface area (Å²) < 4.78 is 5.44. The van der Waals surface area contributed by atoms with E-state index >= 15 is 0 Å². The van der Waals surface area contributed by atoms with Crippen molar-refractivity contribution in [1.82, 2.24) is 0 Å². The topological polar surface area (TPSA) is 42.8 Å². The molecule has 0 heterocycles. The first-order chi connectivity index (χ1) is 11.6. The molecule has 0 spiro atoms. The Labute approximate surface area is 144 Å². The molecule has 2 aromatic carbocycles. The number of carbonyl (C=O) groups is 1. The quantitative estimate of drug-likeness (QED) is 0.781. The third-order valence-corrected chi connectivity index (χ3v) is 3.85. The van der Waals surface area contributed by atoms with Gasteiger partial charge in [-0.15, -0.1) is 0 Å². The Morgan fingerprint density at radius 3 is 2.21 bits per heavy atom. The van der Waals surface area contributed by atoms with Crippen LogP contribution in [0.5, 0.6) is 5.75 Å². The standard InChI is InChI=1S/C20H26N2O2/c1-4-16-6-10-18(11-7-16)21-20(23)15-22(3)14-17-8-12-19(13-9-17)24-5-2/h6-13H,4-5,14-15H2,1-3H3,(H,21,23)/p+1. The van der Waals surface area contributed by atoms with Gasteiger partial charge in [0.1, 0.15) is 12.3 Å². The number of hydrogen-bond donors (Lipinski definition) is 2. The average Bonchev–Trinajstić information content (AvgIpc) is 2.57. The minimum atomic E-state index is 0.0303. The molecular formula is C20H27N2O2+. The van der Waals surface area contributed by atoms with E-state index in [9.17, 15) is 4.79 Å². The van der Waals surface area contributed by atoms with Gasteiger partial charge in [0.05, 0.1) is 13.7 Å². The molecule has 0 aromatic heterocycles. The lowest BCUT2D eigenvalue weighted by Gasteiger charge is -2.14. The third-order valence-electron chi connectivity index (χ3n) is 3.85. The zero-order valence-corrected chi connectivity index (χ0v) is 14.8. The number of likely N-dealkylation sites (N-methyl/N-ethyl adjacent to an activating group) is 1. The van der Waals surface area contributed by atoms with E-state index in [1.165, 1.54) is 11.1 Å². The van der Waals surface area contributed by atoms with Gasteiger partial charge in [0.2, 0.25) is 0 Å². The number of aryl methyl sites for hydroxylation is 1. The Hall–Kier alpha value is -2.33. The molecule has 2 aromatic rings. The van der Waals surface area contributed by atoms with Crippen LogP contribution < -0.4 is 15.0 Å². The lowest BCUT2D eigenvalue weighted by Crippen LogP contribution is -3.08. The van der Waals surface area contributed by atoms with Crippen molar-refractivity contribution in [3.05, 3.63) is 59.7 Å². The van der Waals surface area contributed by atoms with Crippen molar-refractivity contribution in [1.29, 1.82) is 0 Å². The van der Waals surface area contributed by atoms with Gasteiger partial charge < -0.3 is 15.0 Å². The number of anilines is 1. The Bertz CT molecular complexity index is 636. The van der Waals surface area contributed by atoms with Crippen molar-refractivity contribution in [3.8, 4) is 5.75 Å². The minimum Gasteiger partial charge on any atom is -0.494 e. The molecule has 4 heteroatoms. The van der Waals surface area contributed by atoms with Crippen molar-refractivity contribution in [2.75, 3.05) is 25.5 Å². The van der Waals surface area contributed by atoms with Crippen molar-refractivity contribution in [3.63, 3.8) is 0 Å². The predicted molar refractivity (Wildman–Crippen MR) is 97.5 cm³/mol. The number of amides is 1. The Morgan fingerprint density at radius 2 is 1.62 bits per heavy atom. The second kappa shape index (κ2) is 9.08. The van der Waals surface area contributed by atoms with Gasteiger partial charge in [-0.2, -0.15) is 0 Å². The molecule has 2 N–H and O–H groups in total. The number of benzene rings is 2. The van der Waals surface area contributed by atoms with Gasteiger partial charge in [-0.3, -0.25) is 4.79 Å². The molecule has 2 rings (SSSR count). The van der Waals surface area contributed by atoms with Crippen LogP contribution in [0.1, 0.15) is 25.0 Å². The van der Waals surface area contributed by atoms with Crippen LogP contribution in [0.2, 0.25) is 0 Å². The van der Waals surface area contributed by atoms with Gasteiger partial charge in [-0.1, -0.05) is 19.1 Å². The van der Waals surface area contributed by atoms with Gasteiger partial charge in [-0.25, -0.2) is 0 Å². The minimum absolute atomic E-state index is 0.0303. The highest BCUT2D eigenvalue weighted by molar-refractivity contribution is 5.91. The first-order valence-electron chi connectivity index (χ1n) is 8.52. The molecule has 128 valence electrons. The molecule has 0 aliphatic heterocycles. The summed E-state index contributed by atoms with van der Waals surface area (Å²) in [5, 5.41) is 2.96. The summed E-state index contributed by atoms with van der Waals surface area (Å²) in [7, 11) is 2.02. The summed E-state index contributed by atoms with van der Waals surface area (Å²) in [5.41, 5.74) is 3.31. The maximum absolute atomic E-state index is 12.2. The monoisotopic (exact) mass is 327 g/mol. The lowest BCUT2D eigenvalue weighted by molar-refractivity contribution is -0.885. The van der Waals surface area contributed by atoms with Gasteiger partial charge in [0, 0.05) is 11.3 Å². The number of ether oxygens (including phenoxy) is 1. The summed E-state index contributed by atoms with van der Waals surface area (Å²) in [5.74, 6) is 0.912. The van der Waals surface area contributed by atoms with E-state index in [-0.39, 0.29) is 5.91 Å². The Morgan fingerprint density at radius 1 is 1.00 bits per heavy atom. The van der Waals surface area contributed by atoms with Crippen LogP contribution in [-0.2, 0) is 17.8 Å². The van der Waals surface area contributed by atoms with E-state index in [1.54, 1.807) is 0 Å². The fraction of sp³-hybridized carbons (Fsp3) is 0.350. The molecule has 0 aliphatic carbocycles. The first kappa shape index (κ1) is 18.0. The smallest absolute Gasteiger partial charge is 0.279 e. The van der Waals surface area contributed by atoms with Crippen molar-refractivity contribution < 1.29 is 14.4 Å². The summed E-state index contributed by atoms with van der Waals surface area (Å²) in [6.07, 6.45) is 1.00. The number of quaternary nitrogens is 1. The maximum Gasteiger partial charge on any atom is 0.279 e. The second-order valence-electron chi connectivity index (χ2n) is 5.99. The van der Waals surface area contributed by atoms with Crippen LogP contribution in [0.4, 0.5) is 5.69 Å². The summed E-state index contributed by atoms with van der Waals surface area (Å²) >= 11 is 0. The zero-order chi connectivity index (χ0) is 17.4. The number of carbonyl (C=O) groups excluding carboxylic acids is 1. The summed E-state index contributed by atoms with van der Waals surface area (Å²) in [4.78, 5) is 13.3. The largest absolute Gasteiger partial charge is 0.494 e. The molecular weight excluding hydrogens is 300 g/mol. The Kier molecular flexibility index (Phi) is 6.82. The van der Waals surface area contributed by atoms with E-state index in [4.69, 9.17) is 4.74 Å². The summed E-state index contributed by atoms with van der Waals surface area (Å²) in [6, 6.07) is 16.1. The molecule has 0 radical (unpaired) electrons. The normalized spacial score (nSPS) is 11.8. The molecule has 0 aliphatic rings. The molecule has 0 saturated heterocycles. The Balaban J connectivity index is 1.82. The average molecular weight is 327 g/mol. The molecule has 24 heavy (non-hydrogen) atoms. The van der Waals surface area contributed by atoms with Crippen LogP contribution in [0, 0.1) is 0 Å². The van der Waals surface area contributed by atoms with Crippen molar-refractivity contribution >= 4 is 11.6 Å². The fourth-order valence-corrected chi connectivity index (χ4v) is 2.58. The molecule has 1 unspecified atom stereocenters. The number of rotatable bonds is 8. The molecule has 0 bridgehead atoms. The van der Waals surface area contributed by atoms with Crippen LogP contribution in [0.25, 0.3) is 0 Å². The highest BCUT2D eigenvalue weighted by Gasteiger charge is 2.11. The number of nitrogens with one attached hydrogen (secondary N) is 2. The lowest BCUT2D eigenvalue weighted by atomic mass is 10.1. The van der Waals surface area contributed by atoms with Crippen molar-refractivity contribution in [2.24, 2.45) is 0 Å². The fourth-order valence-electron chi connectivity index (χ4n) is 2.58. The van der Waals surface area contributed by atoms with E-state index in [0.29, 0.717) is 13.2 Å². The van der Waals surface area contributed by atoms with Gasteiger partial charge in [-0.05, 0) is 55.3 Å².